The molecule has 322 valence electrons. The summed E-state index contributed by atoms with van der Waals surface area (Å²) in [7, 11) is 4.70. The Morgan fingerprint density at radius 3 is 1.79 bits per heavy atom. The van der Waals surface area contributed by atoms with Gasteiger partial charge in [-0.2, -0.15) is 4.57 Å². The molecule has 2 aliphatic rings. The van der Waals surface area contributed by atoms with Crippen molar-refractivity contribution in [2.75, 3.05) is 77.1 Å². The molecule has 0 bridgehead atoms. The summed E-state index contributed by atoms with van der Waals surface area (Å²) in [6, 6.07) is 40.1. The van der Waals surface area contributed by atoms with E-state index < -0.39 is 0 Å². The summed E-state index contributed by atoms with van der Waals surface area (Å²) >= 11 is 0. The first-order valence-electron chi connectivity index (χ1n) is 22.7. The van der Waals surface area contributed by atoms with E-state index in [0.29, 0.717) is 0 Å². The van der Waals surface area contributed by atoms with Crippen LogP contribution in [0.1, 0.15) is 52.5 Å². The first kappa shape index (κ1) is 44.0. The Labute approximate surface area is 369 Å². The van der Waals surface area contributed by atoms with Crippen molar-refractivity contribution in [3.8, 4) is 11.3 Å². The van der Waals surface area contributed by atoms with Gasteiger partial charge in [0.2, 0.25) is 11.2 Å². The van der Waals surface area contributed by atoms with Crippen LogP contribution < -0.4 is 37.9 Å². The normalized spacial score (nSPS) is 13.9. The number of pyridine rings is 1. The summed E-state index contributed by atoms with van der Waals surface area (Å²) in [5.41, 5.74) is 36.9. The molecule has 8 nitrogen and oxygen atoms in total. The maximum atomic E-state index is 6.29. The zero-order chi connectivity index (χ0) is 44.0. The van der Waals surface area contributed by atoms with Crippen LogP contribution in [-0.4, -0.2) is 73.8 Å². The van der Waals surface area contributed by atoms with Crippen LogP contribution in [0.15, 0.2) is 139 Å². The third-order valence-electron chi connectivity index (χ3n) is 13.8. The molecule has 8 heteroatoms. The second-order valence-electron chi connectivity index (χ2n) is 17.7. The topological polar surface area (TPSA) is 111 Å². The highest BCUT2D eigenvalue weighted by atomic mass is 15.3. The number of aromatic nitrogens is 1. The highest BCUT2D eigenvalue weighted by Crippen LogP contribution is 2.35. The molecule has 2 heterocycles. The van der Waals surface area contributed by atoms with Crippen molar-refractivity contribution in [3.63, 3.8) is 0 Å². The van der Waals surface area contributed by atoms with Crippen molar-refractivity contribution in [1.82, 2.24) is 4.90 Å². The van der Waals surface area contributed by atoms with Gasteiger partial charge in [-0.15, -0.1) is 0 Å². The molecule has 0 spiro atoms. The van der Waals surface area contributed by atoms with E-state index in [4.69, 9.17) is 22.9 Å². The molecule has 0 radical (unpaired) electrons. The number of nitrogens with two attached hydrogens (primary N) is 4. The minimum atomic E-state index is 0.784. The second-order valence-corrected chi connectivity index (χ2v) is 17.7. The SMILES string of the molecule is CC[N+](C)(CC)CCCN1C2=CC(N)=CCC2=c2ccc(N)cc2=C1c1ccccc1.CC[N+](C)(CC)CCC[n+]1c(-c2ccccc2)c2cc(N)ccc2c2ccc(N)cc21. The third kappa shape index (κ3) is 9.22. The van der Waals surface area contributed by atoms with E-state index in [0.717, 1.165) is 103 Å². The lowest BCUT2D eigenvalue weighted by molar-refractivity contribution is -0.908. The molecule has 62 heavy (non-hydrogen) atoms. The monoisotopic (exact) mass is 830 g/mol. The summed E-state index contributed by atoms with van der Waals surface area (Å²) in [6.45, 7) is 17.9. The first-order valence-corrected chi connectivity index (χ1v) is 22.7. The van der Waals surface area contributed by atoms with Crippen LogP contribution in [0.4, 0.5) is 17.1 Å². The fourth-order valence-electron chi connectivity index (χ4n) is 9.24. The average molecular weight is 830 g/mol. The minimum absolute atomic E-state index is 0.784. The smallest absolute Gasteiger partial charge is 0.220 e. The Hall–Kier alpha value is -6.09. The van der Waals surface area contributed by atoms with Crippen molar-refractivity contribution in [1.29, 1.82) is 0 Å². The quantitative estimate of drug-likeness (QED) is 0.0387. The van der Waals surface area contributed by atoms with Crippen LogP contribution in [-0.2, 0) is 6.54 Å². The third-order valence-corrected chi connectivity index (χ3v) is 13.8. The molecule has 5 aromatic carbocycles. The maximum absolute atomic E-state index is 6.29. The minimum Gasteiger partial charge on any atom is -0.399 e. The predicted molar refractivity (Wildman–Crippen MR) is 264 cm³/mol. The van der Waals surface area contributed by atoms with Crippen molar-refractivity contribution < 1.29 is 13.5 Å². The van der Waals surface area contributed by atoms with Gasteiger partial charge in [0.05, 0.1) is 76.3 Å². The number of rotatable bonds is 14. The van der Waals surface area contributed by atoms with E-state index >= 15 is 0 Å². The van der Waals surface area contributed by atoms with Crippen molar-refractivity contribution >= 4 is 50.0 Å². The van der Waals surface area contributed by atoms with Crippen LogP contribution in [0.3, 0.4) is 0 Å². The zero-order valence-electron chi connectivity index (χ0n) is 38.0. The van der Waals surface area contributed by atoms with Crippen LogP contribution >= 0.6 is 0 Å². The number of nitrogen functional groups attached to an aromatic ring is 3. The highest BCUT2D eigenvalue weighted by molar-refractivity contribution is 6.10. The fourth-order valence-corrected chi connectivity index (χ4v) is 9.24. The number of hydrogen-bond acceptors (Lipinski definition) is 5. The standard InChI is InChI=1S/C27H35N4.C27H33N4/c2*1-4-31(3,5-2)17-9-16-30-26-19-22(29)13-15-24(26)23-14-12-21(28)18-25(23)27(30)20-10-7-6-8-11-20/h6-8,10-14,18-19H,4-5,9,15-17,28-29H2,1-3H3;6-8,10-15,18-19,29H,4-5,9,16-17,28H2,1-3H3/q2*+1/p+1. The average Bonchev–Trinajstić information content (AvgIpc) is 3.29. The number of benzene rings is 5. The molecule has 8 N–H and O–H groups in total. The van der Waals surface area contributed by atoms with Crippen molar-refractivity contribution in [2.45, 2.75) is 53.5 Å². The molecule has 0 amide bonds. The Balaban J connectivity index is 0.000000186. The molecule has 8 rings (SSSR count). The molecule has 6 aromatic rings. The summed E-state index contributed by atoms with van der Waals surface area (Å²) in [6.07, 6.45) is 7.33. The van der Waals surface area contributed by atoms with Crippen LogP contribution in [0, 0.1) is 0 Å². The number of aryl methyl sites for hydroxylation is 1. The van der Waals surface area contributed by atoms with E-state index in [1.165, 1.54) is 65.9 Å². The number of fused-ring (bicyclic) bond motifs is 5. The summed E-state index contributed by atoms with van der Waals surface area (Å²) in [5.74, 6) is 0. The molecule has 0 fully saturated rings. The van der Waals surface area contributed by atoms with E-state index in [1.54, 1.807) is 0 Å². The van der Waals surface area contributed by atoms with Gasteiger partial charge in [0.1, 0.15) is 0 Å². The van der Waals surface area contributed by atoms with Gasteiger partial charge in [-0.25, -0.2) is 0 Å². The van der Waals surface area contributed by atoms with Gasteiger partial charge in [0.25, 0.3) is 0 Å². The number of nitrogens with zero attached hydrogens (tertiary/aromatic N) is 4. The van der Waals surface area contributed by atoms with Gasteiger partial charge in [0.15, 0.2) is 6.54 Å². The lowest BCUT2D eigenvalue weighted by atomic mass is 9.91. The Bertz CT molecular complexity index is 2730. The van der Waals surface area contributed by atoms with Gasteiger partial charge < -0.3 is 36.8 Å². The molecule has 1 aromatic heterocycles. The van der Waals surface area contributed by atoms with E-state index in [9.17, 15) is 0 Å². The second kappa shape index (κ2) is 18.9. The van der Waals surface area contributed by atoms with Gasteiger partial charge >= 0.3 is 0 Å². The number of quaternary nitrogens is 2. The van der Waals surface area contributed by atoms with Gasteiger partial charge in [-0.1, -0.05) is 66.7 Å². The maximum Gasteiger partial charge on any atom is 0.220 e. The molecule has 1 aliphatic heterocycles. The van der Waals surface area contributed by atoms with E-state index in [1.807, 2.05) is 18.2 Å². The molecule has 1 aliphatic carbocycles. The van der Waals surface area contributed by atoms with Gasteiger partial charge in [0, 0.05) is 63.7 Å². The van der Waals surface area contributed by atoms with Gasteiger partial charge in [-0.3, -0.25) is 0 Å². The molecule has 0 unspecified atom stereocenters. The summed E-state index contributed by atoms with van der Waals surface area (Å²) < 4.78 is 4.63. The molecular weight excluding hydrogens is 761 g/mol. The van der Waals surface area contributed by atoms with Crippen molar-refractivity contribution in [3.05, 3.63) is 155 Å². The molecule has 0 saturated heterocycles. The fraction of sp³-hybridized carbons (Fsp3) is 0.315. The number of anilines is 3. The Kier molecular flexibility index (Phi) is 13.4. The highest BCUT2D eigenvalue weighted by Gasteiger charge is 2.28. The predicted octanol–water partition coefficient (Wildman–Crippen LogP) is 7.89. The van der Waals surface area contributed by atoms with E-state index in [2.05, 4.69) is 160 Å². The lowest BCUT2D eigenvalue weighted by Crippen LogP contribution is -2.46. The van der Waals surface area contributed by atoms with Crippen LogP contribution in [0.25, 0.3) is 44.2 Å². The number of hydrogen-bond donors (Lipinski definition) is 4. The lowest BCUT2D eigenvalue weighted by Gasteiger charge is -2.38. The summed E-state index contributed by atoms with van der Waals surface area (Å²) in [5, 5.41) is 6.10. The molecule has 0 atom stereocenters. The zero-order valence-corrected chi connectivity index (χ0v) is 38.0. The van der Waals surface area contributed by atoms with Crippen LogP contribution in [0.2, 0.25) is 0 Å². The molecular formula is C54H69N8+3. The van der Waals surface area contributed by atoms with Crippen molar-refractivity contribution in [2.24, 2.45) is 5.73 Å². The Morgan fingerprint density at radius 1 is 0.581 bits per heavy atom. The van der Waals surface area contributed by atoms with Crippen LogP contribution in [0.5, 0.6) is 0 Å². The Morgan fingerprint density at radius 2 is 1.15 bits per heavy atom. The molecule has 0 saturated carbocycles. The van der Waals surface area contributed by atoms with Gasteiger partial charge in [-0.05, 0) is 105 Å². The largest absolute Gasteiger partial charge is 0.399 e. The number of allylic oxidation sites excluding steroid dienone is 3. The first-order chi connectivity index (χ1) is 29.9. The summed E-state index contributed by atoms with van der Waals surface area (Å²) in [4.78, 5) is 2.49. The van der Waals surface area contributed by atoms with E-state index in [-0.39, 0.29) is 0 Å².